The average molecular weight is 263 g/mol. The summed E-state index contributed by atoms with van der Waals surface area (Å²) in [6, 6.07) is 2.54. The highest BCUT2D eigenvalue weighted by molar-refractivity contribution is 5.73. The van der Waals surface area contributed by atoms with E-state index in [1.807, 2.05) is 0 Å². The average Bonchev–Trinajstić information content (AvgIpc) is 3.09. The van der Waals surface area contributed by atoms with Gasteiger partial charge in [-0.2, -0.15) is 5.10 Å². The Hall–Kier alpha value is -1.36. The van der Waals surface area contributed by atoms with Crippen molar-refractivity contribution in [2.24, 2.45) is 0 Å². The van der Waals surface area contributed by atoms with Gasteiger partial charge in [-0.05, 0) is 31.7 Å². The van der Waals surface area contributed by atoms with Gasteiger partial charge < -0.3 is 10.4 Å². The first-order valence-electron chi connectivity index (χ1n) is 7.25. The number of rotatable bonds is 4. The summed E-state index contributed by atoms with van der Waals surface area (Å²) in [7, 11) is 0. The zero-order chi connectivity index (χ0) is 13.2. The predicted molar refractivity (Wildman–Crippen MR) is 71.0 cm³/mol. The van der Waals surface area contributed by atoms with Gasteiger partial charge in [0.1, 0.15) is 6.04 Å². The van der Waals surface area contributed by atoms with Gasteiger partial charge in [-0.25, -0.2) is 0 Å². The highest BCUT2D eigenvalue weighted by atomic mass is 16.4. The molecule has 104 valence electrons. The van der Waals surface area contributed by atoms with Crippen molar-refractivity contribution in [3.63, 3.8) is 0 Å². The molecular weight excluding hydrogens is 242 g/mol. The van der Waals surface area contributed by atoms with Crippen molar-refractivity contribution in [2.75, 3.05) is 0 Å². The van der Waals surface area contributed by atoms with Gasteiger partial charge in [-0.1, -0.05) is 12.8 Å². The minimum absolute atomic E-state index is 0.257. The van der Waals surface area contributed by atoms with Gasteiger partial charge >= 0.3 is 5.97 Å². The van der Waals surface area contributed by atoms with E-state index in [-0.39, 0.29) is 12.1 Å². The lowest BCUT2D eigenvalue weighted by Gasteiger charge is -2.11. The molecule has 3 rings (SSSR count). The maximum Gasteiger partial charge on any atom is 0.320 e. The van der Waals surface area contributed by atoms with Crippen LogP contribution in [-0.2, 0) is 11.2 Å². The molecule has 2 unspecified atom stereocenters. The fourth-order valence-electron chi connectivity index (χ4n) is 3.29. The Morgan fingerprint density at radius 3 is 2.84 bits per heavy atom. The number of hydrogen-bond acceptors (Lipinski definition) is 3. The quantitative estimate of drug-likeness (QED) is 0.868. The zero-order valence-electron chi connectivity index (χ0n) is 11.1. The lowest BCUT2D eigenvalue weighted by atomic mass is 10.1. The smallest absolute Gasteiger partial charge is 0.320 e. The second kappa shape index (κ2) is 5.33. The third-order valence-electron chi connectivity index (χ3n) is 4.36. The normalized spacial score (nSPS) is 28.0. The molecule has 5 heteroatoms. The number of nitrogens with zero attached hydrogens (tertiary/aromatic N) is 2. The van der Waals surface area contributed by atoms with Crippen molar-refractivity contribution in [3.05, 3.63) is 18.0 Å². The molecule has 1 aliphatic carbocycles. The Morgan fingerprint density at radius 1 is 1.37 bits per heavy atom. The van der Waals surface area contributed by atoms with Crippen LogP contribution in [0.5, 0.6) is 0 Å². The van der Waals surface area contributed by atoms with Crippen LogP contribution in [0, 0.1) is 0 Å². The molecule has 0 aromatic carbocycles. The first-order valence-corrected chi connectivity index (χ1v) is 7.25. The summed E-state index contributed by atoms with van der Waals surface area (Å²) < 4.78 is 2.10. The Balaban J connectivity index is 1.57. The maximum atomic E-state index is 10.9. The lowest BCUT2D eigenvalue weighted by molar-refractivity contribution is -0.139. The van der Waals surface area contributed by atoms with E-state index in [2.05, 4.69) is 27.4 Å². The minimum Gasteiger partial charge on any atom is -0.480 e. The number of carbonyl (C=O) groups is 1. The van der Waals surface area contributed by atoms with E-state index in [1.54, 1.807) is 0 Å². The number of aromatic nitrogens is 2. The predicted octanol–water partition coefficient (Wildman–Crippen LogP) is 1.75. The molecule has 1 saturated carbocycles. The van der Waals surface area contributed by atoms with Crippen molar-refractivity contribution in [3.8, 4) is 0 Å². The summed E-state index contributed by atoms with van der Waals surface area (Å²) in [6.07, 6.45) is 9.66. The van der Waals surface area contributed by atoms with Crippen molar-refractivity contribution < 1.29 is 9.90 Å². The van der Waals surface area contributed by atoms with Crippen LogP contribution >= 0.6 is 0 Å². The van der Waals surface area contributed by atoms with Crippen LogP contribution in [0.3, 0.4) is 0 Å². The first kappa shape index (κ1) is 12.7. The summed E-state index contributed by atoms with van der Waals surface area (Å²) in [4.78, 5) is 10.9. The van der Waals surface area contributed by atoms with E-state index in [4.69, 9.17) is 5.11 Å². The Morgan fingerprint density at radius 2 is 2.16 bits per heavy atom. The summed E-state index contributed by atoms with van der Waals surface area (Å²) in [5, 5.41) is 16.8. The van der Waals surface area contributed by atoms with Crippen molar-refractivity contribution in [1.82, 2.24) is 15.1 Å². The van der Waals surface area contributed by atoms with E-state index in [0.29, 0.717) is 6.04 Å². The van der Waals surface area contributed by atoms with Crippen LogP contribution in [-0.4, -0.2) is 32.9 Å². The molecule has 2 heterocycles. The van der Waals surface area contributed by atoms with Crippen LogP contribution in [0.15, 0.2) is 12.3 Å². The third-order valence-corrected chi connectivity index (χ3v) is 4.36. The third kappa shape index (κ3) is 2.81. The largest absolute Gasteiger partial charge is 0.480 e. The zero-order valence-corrected chi connectivity index (χ0v) is 11.1. The summed E-state index contributed by atoms with van der Waals surface area (Å²) in [6.45, 7) is 0. The number of carboxylic acids is 1. The Kier molecular flexibility index (Phi) is 3.55. The second-order valence-electron chi connectivity index (χ2n) is 5.76. The minimum atomic E-state index is -0.737. The van der Waals surface area contributed by atoms with Crippen molar-refractivity contribution >= 4 is 5.97 Å². The maximum absolute atomic E-state index is 10.9. The molecular formula is C14H21N3O2. The van der Waals surface area contributed by atoms with Gasteiger partial charge in [0.2, 0.25) is 0 Å². The summed E-state index contributed by atoms with van der Waals surface area (Å²) in [5.74, 6) is -0.737. The molecule has 1 aromatic heterocycles. The molecule has 1 aromatic rings. The number of aliphatic carboxylic acids is 1. The van der Waals surface area contributed by atoms with Crippen molar-refractivity contribution in [1.29, 1.82) is 0 Å². The second-order valence-corrected chi connectivity index (χ2v) is 5.76. The van der Waals surface area contributed by atoms with Gasteiger partial charge in [0.15, 0.2) is 0 Å². The Bertz CT molecular complexity index is 451. The van der Waals surface area contributed by atoms with Gasteiger partial charge in [0.25, 0.3) is 0 Å². The van der Waals surface area contributed by atoms with Crippen LogP contribution in [0.4, 0.5) is 0 Å². The molecule has 1 aliphatic heterocycles. The molecule has 0 bridgehead atoms. The number of nitrogens with one attached hydrogen (secondary N) is 1. The lowest BCUT2D eigenvalue weighted by Crippen LogP contribution is -2.36. The summed E-state index contributed by atoms with van der Waals surface area (Å²) >= 11 is 0. The standard InChI is InChI=1S/C14H21N3O2/c18-14(19)13-6-5-10(15-13)9-11-7-8-17(16-11)12-3-1-2-4-12/h7-8,10,12-13,15H,1-6,9H2,(H,18,19). The highest BCUT2D eigenvalue weighted by Gasteiger charge is 2.29. The molecule has 2 atom stereocenters. The molecule has 0 radical (unpaired) electrons. The van der Waals surface area contributed by atoms with Gasteiger partial charge in [-0.15, -0.1) is 0 Å². The molecule has 0 amide bonds. The van der Waals surface area contributed by atoms with Crippen LogP contribution in [0.1, 0.15) is 50.3 Å². The van der Waals surface area contributed by atoms with E-state index < -0.39 is 5.97 Å². The summed E-state index contributed by atoms with van der Waals surface area (Å²) in [5.41, 5.74) is 1.08. The molecule has 0 spiro atoms. The van der Waals surface area contributed by atoms with Crippen LogP contribution in [0.25, 0.3) is 0 Å². The van der Waals surface area contributed by atoms with Crippen LogP contribution < -0.4 is 5.32 Å². The first-order chi connectivity index (χ1) is 9.22. The Labute approximate surface area is 113 Å². The molecule has 2 aliphatic rings. The van der Waals surface area contributed by atoms with Gasteiger partial charge in [-0.3, -0.25) is 9.48 Å². The SMILES string of the molecule is O=C(O)C1CCC(Cc2ccn(C3CCCC3)n2)N1. The van der Waals surface area contributed by atoms with Crippen LogP contribution in [0.2, 0.25) is 0 Å². The fraction of sp³-hybridized carbons (Fsp3) is 0.714. The monoisotopic (exact) mass is 263 g/mol. The van der Waals surface area contributed by atoms with Gasteiger partial charge in [0.05, 0.1) is 11.7 Å². The van der Waals surface area contributed by atoms with Gasteiger partial charge in [0, 0.05) is 18.7 Å². The molecule has 2 N–H and O–H groups in total. The number of carboxylic acid groups (broad SMARTS) is 1. The fourth-order valence-corrected chi connectivity index (χ4v) is 3.29. The molecule has 5 nitrogen and oxygen atoms in total. The topological polar surface area (TPSA) is 67.1 Å². The molecule has 2 fully saturated rings. The molecule has 19 heavy (non-hydrogen) atoms. The van der Waals surface area contributed by atoms with E-state index >= 15 is 0 Å². The number of hydrogen-bond donors (Lipinski definition) is 2. The van der Waals surface area contributed by atoms with Crippen molar-refractivity contribution in [2.45, 2.75) is 63.1 Å². The highest BCUT2D eigenvalue weighted by Crippen LogP contribution is 2.29. The van der Waals surface area contributed by atoms with E-state index in [0.717, 1.165) is 25.0 Å². The molecule has 1 saturated heterocycles. The van der Waals surface area contributed by atoms with E-state index in [1.165, 1.54) is 25.7 Å². The van der Waals surface area contributed by atoms with E-state index in [9.17, 15) is 4.79 Å².